The monoisotopic (exact) mass is 327 g/mol. The minimum Gasteiger partial charge on any atom is -0.492 e. The average Bonchev–Trinajstić information content (AvgIpc) is 2.63. The zero-order valence-electron chi connectivity index (χ0n) is 14.0. The fraction of sp³-hybridized carbons (Fsp3) is 0.400. The van der Waals surface area contributed by atoms with Crippen molar-refractivity contribution in [1.82, 2.24) is 0 Å². The van der Waals surface area contributed by atoms with Crippen LogP contribution >= 0.6 is 0 Å². The van der Waals surface area contributed by atoms with E-state index in [-0.39, 0.29) is 6.61 Å². The minimum atomic E-state index is 0.261. The second kappa shape index (κ2) is 8.60. The van der Waals surface area contributed by atoms with Crippen LogP contribution in [0.25, 0.3) is 0 Å². The topological polar surface area (TPSA) is 41.9 Å². The molecule has 0 atom stereocenters. The summed E-state index contributed by atoms with van der Waals surface area (Å²) < 4.78 is 11.6. The van der Waals surface area contributed by atoms with Crippen molar-refractivity contribution in [2.45, 2.75) is 19.3 Å². The maximum atomic E-state index is 8.87. The van der Waals surface area contributed by atoms with Crippen LogP contribution in [0.2, 0.25) is 0 Å². The molecule has 1 N–H and O–H groups in total. The number of nitrogens with zero attached hydrogens (tertiary/aromatic N) is 1. The Hall–Kier alpha value is -2.20. The molecule has 1 aliphatic heterocycles. The molecule has 0 bridgehead atoms. The van der Waals surface area contributed by atoms with Gasteiger partial charge in [0.15, 0.2) is 0 Å². The van der Waals surface area contributed by atoms with Crippen LogP contribution in [0.3, 0.4) is 0 Å². The lowest BCUT2D eigenvalue weighted by Gasteiger charge is -2.31. The van der Waals surface area contributed by atoms with Crippen molar-refractivity contribution in [3.63, 3.8) is 0 Å². The summed E-state index contributed by atoms with van der Waals surface area (Å²) in [6, 6.07) is 16.4. The molecule has 0 aromatic heterocycles. The number of unbranched alkanes of at least 4 members (excludes halogenated alkanes) is 1. The Labute approximate surface area is 143 Å². The average molecular weight is 327 g/mol. The molecule has 0 saturated carbocycles. The van der Waals surface area contributed by atoms with E-state index in [4.69, 9.17) is 14.6 Å². The van der Waals surface area contributed by atoms with Crippen LogP contribution < -0.4 is 14.4 Å². The molecule has 128 valence electrons. The number of anilines is 1. The van der Waals surface area contributed by atoms with Gasteiger partial charge in [-0.15, -0.1) is 0 Å². The molecule has 0 radical (unpaired) electrons. The number of rotatable bonds is 8. The van der Waals surface area contributed by atoms with Gasteiger partial charge in [0.2, 0.25) is 0 Å². The zero-order chi connectivity index (χ0) is 16.6. The molecule has 0 spiro atoms. The number of hydrogen-bond acceptors (Lipinski definition) is 4. The summed E-state index contributed by atoms with van der Waals surface area (Å²) in [5, 5.41) is 8.87. The summed E-state index contributed by atoms with van der Waals surface area (Å²) in [4.78, 5) is 2.31. The highest BCUT2D eigenvalue weighted by Crippen LogP contribution is 2.30. The molecule has 24 heavy (non-hydrogen) atoms. The van der Waals surface area contributed by atoms with Gasteiger partial charge in [0.1, 0.15) is 24.7 Å². The van der Waals surface area contributed by atoms with E-state index < -0.39 is 0 Å². The van der Waals surface area contributed by atoms with Crippen molar-refractivity contribution >= 4 is 5.69 Å². The molecule has 0 amide bonds. The molecular weight excluding hydrogens is 302 g/mol. The van der Waals surface area contributed by atoms with Gasteiger partial charge in [0.25, 0.3) is 0 Å². The van der Waals surface area contributed by atoms with Crippen LogP contribution in [0.4, 0.5) is 5.69 Å². The fourth-order valence-electron chi connectivity index (χ4n) is 2.96. The highest BCUT2D eigenvalue weighted by Gasteiger charge is 2.16. The van der Waals surface area contributed by atoms with E-state index in [1.165, 1.54) is 5.56 Å². The maximum Gasteiger partial charge on any atom is 0.142 e. The Balaban J connectivity index is 1.51. The van der Waals surface area contributed by atoms with Gasteiger partial charge in [-0.2, -0.15) is 0 Å². The Bertz CT molecular complexity index is 644. The van der Waals surface area contributed by atoms with E-state index in [1.807, 2.05) is 30.3 Å². The first kappa shape index (κ1) is 16.7. The first-order valence-corrected chi connectivity index (χ1v) is 8.66. The van der Waals surface area contributed by atoms with Crippen LogP contribution in [0, 0.1) is 0 Å². The smallest absolute Gasteiger partial charge is 0.142 e. The van der Waals surface area contributed by atoms with Crippen molar-refractivity contribution in [2.24, 2.45) is 0 Å². The third-order valence-electron chi connectivity index (χ3n) is 4.23. The van der Waals surface area contributed by atoms with E-state index in [0.29, 0.717) is 6.61 Å². The molecule has 2 aromatic rings. The van der Waals surface area contributed by atoms with Gasteiger partial charge in [-0.25, -0.2) is 0 Å². The number of aliphatic hydroxyl groups excluding tert-OH is 1. The van der Waals surface area contributed by atoms with Gasteiger partial charge in [0, 0.05) is 6.61 Å². The predicted molar refractivity (Wildman–Crippen MR) is 96.1 cm³/mol. The van der Waals surface area contributed by atoms with Gasteiger partial charge in [-0.05, 0) is 49.1 Å². The summed E-state index contributed by atoms with van der Waals surface area (Å²) in [6.07, 6.45) is 2.83. The molecule has 1 heterocycles. The number of ether oxygens (including phenoxy) is 2. The molecule has 0 saturated heterocycles. The van der Waals surface area contributed by atoms with Gasteiger partial charge in [-0.1, -0.05) is 24.3 Å². The number of aryl methyl sites for hydroxylation is 1. The van der Waals surface area contributed by atoms with Crippen LogP contribution in [-0.2, 0) is 6.42 Å². The van der Waals surface area contributed by atoms with Gasteiger partial charge in [0.05, 0.1) is 18.8 Å². The molecule has 0 unspecified atom stereocenters. The summed E-state index contributed by atoms with van der Waals surface area (Å²) >= 11 is 0. The second-order valence-electron chi connectivity index (χ2n) is 5.98. The first-order chi connectivity index (χ1) is 11.9. The first-order valence-electron chi connectivity index (χ1n) is 8.66. The van der Waals surface area contributed by atoms with Crippen molar-refractivity contribution in [1.29, 1.82) is 0 Å². The van der Waals surface area contributed by atoms with Gasteiger partial charge >= 0.3 is 0 Å². The zero-order valence-corrected chi connectivity index (χ0v) is 14.0. The highest BCUT2D eigenvalue weighted by molar-refractivity contribution is 5.59. The van der Waals surface area contributed by atoms with E-state index in [9.17, 15) is 0 Å². The van der Waals surface area contributed by atoms with Crippen molar-refractivity contribution in [2.75, 3.05) is 37.8 Å². The molecule has 3 rings (SSSR count). The normalized spacial score (nSPS) is 13.3. The van der Waals surface area contributed by atoms with Gasteiger partial charge in [-0.3, -0.25) is 0 Å². The number of hydrogen-bond donors (Lipinski definition) is 1. The lowest BCUT2D eigenvalue weighted by Crippen LogP contribution is -2.35. The standard InChI is InChI=1S/C20H25NO3/c22-13-4-3-6-17-7-5-8-18(16-17)23-14-11-21-12-15-24-20-10-2-1-9-19(20)21/h1-2,5,7-10,16,22H,3-4,6,11-15H2. The van der Waals surface area contributed by atoms with Crippen molar-refractivity contribution in [3.8, 4) is 11.5 Å². The Kier molecular flexibility index (Phi) is 5.96. The predicted octanol–water partition coefficient (Wildman–Crippen LogP) is 3.28. The third-order valence-corrected chi connectivity index (χ3v) is 4.23. The van der Waals surface area contributed by atoms with Crippen molar-refractivity contribution in [3.05, 3.63) is 54.1 Å². The molecule has 0 fully saturated rings. The highest BCUT2D eigenvalue weighted by atomic mass is 16.5. The van der Waals surface area contributed by atoms with Gasteiger partial charge < -0.3 is 19.5 Å². The second-order valence-corrected chi connectivity index (χ2v) is 5.98. The summed E-state index contributed by atoms with van der Waals surface area (Å²) in [6.45, 7) is 3.36. The molecular formula is C20H25NO3. The van der Waals surface area contributed by atoms with Crippen LogP contribution in [-0.4, -0.2) is 38.0 Å². The van der Waals surface area contributed by atoms with E-state index in [2.05, 4.69) is 23.1 Å². The summed E-state index contributed by atoms with van der Waals surface area (Å²) in [7, 11) is 0. The fourth-order valence-corrected chi connectivity index (χ4v) is 2.96. The van der Waals surface area contributed by atoms with Crippen molar-refractivity contribution < 1.29 is 14.6 Å². The van der Waals surface area contributed by atoms with Crippen LogP contribution in [0.5, 0.6) is 11.5 Å². The summed E-state index contributed by atoms with van der Waals surface area (Å²) in [5.41, 5.74) is 2.41. The molecule has 0 aliphatic carbocycles. The lowest BCUT2D eigenvalue weighted by molar-refractivity contribution is 0.284. The van der Waals surface area contributed by atoms with Crippen LogP contribution in [0.15, 0.2) is 48.5 Å². The lowest BCUT2D eigenvalue weighted by atomic mass is 10.1. The molecule has 1 aliphatic rings. The van der Waals surface area contributed by atoms with E-state index in [1.54, 1.807) is 0 Å². The number of fused-ring (bicyclic) bond motifs is 1. The van der Waals surface area contributed by atoms with E-state index >= 15 is 0 Å². The SMILES string of the molecule is OCCCCc1cccc(OCCN2CCOc3ccccc32)c1. The maximum absolute atomic E-state index is 8.87. The van der Waals surface area contributed by atoms with Crippen LogP contribution in [0.1, 0.15) is 18.4 Å². The molecule has 4 heteroatoms. The number of para-hydroxylation sites is 2. The third kappa shape index (κ3) is 4.42. The molecule has 4 nitrogen and oxygen atoms in total. The summed E-state index contributed by atoms with van der Waals surface area (Å²) in [5.74, 6) is 1.87. The molecule has 2 aromatic carbocycles. The number of benzene rings is 2. The Morgan fingerprint density at radius 3 is 2.92 bits per heavy atom. The largest absolute Gasteiger partial charge is 0.492 e. The Morgan fingerprint density at radius 1 is 1.08 bits per heavy atom. The quantitative estimate of drug-likeness (QED) is 0.756. The minimum absolute atomic E-state index is 0.261. The Morgan fingerprint density at radius 2 is 2.00 bits per heavy atom. The number of aliphatic hydroxyl groups is 1. The van der Waals surface area contributed by atoms with E-state index in [0.717, 1.165) is 56.1 Å².